The number of methoxy groups -OCH3 is 1. The van der Waals surface area contributed by atoms with E-state index in [0.29, 0.717) is 12.2 Å². The molecule has 2 aromatic carbocycles. The summed E-state index contributed by atoms with van der Waals surface area (Å²) in [6.45, 7) is 0. The van der Waals surface area contributed by atoms with E-state index in [4.69, 9.17) is 4.74 Å². The minimum atomic E-state index is -1.04. The quantitative estimate of drug-likeness (QED) is 0.781. The highest BCUT2D eigenvalue weighted by Crippen LogP contribution is 2.13. The molecule has 0 heterocycles. The zero-order chi connectivity index (χ0) is 17.4. The maximum Gasteiger partial charge on any atom is 0.326 e. The molecule has 1 amide bonds. The maximum atomic E-state index is 12.0. The highest BCUT2D eigenvalue weighted by Gasteiger charge is 2.20. The molecule has 2 N–H and O–H groups in total. The molecular formula is C19H21NO4. The number of carboxylic acids is 1. The van der Waals surface area contributed by atoms with Crippen LogP contribution in [0.3, 0.4) is 0 Å². The molecule has 0 unspecified atom stereocenters. The van der Waals surface area contributed by atoms with Crippen molar-refractivity contribution >= 4 is 11.9 Å². The van der Waals surface area contributed by atoms with Crippen LogP contribution in [0.25, 0.3) is 0 Å². The minimum Gasteiger partial charge on any atom is -0.497 e. The van der Waals surface area contributed by atoms with E-state index in [1.54, 1.807) is 31.4 Å². The van der Waals surface area contributed by atoms with Crippen molar-refractivity contribution in [3.05, 3.63) is 65.7 Å². The SMILES string of the molecule is COc1ccc(C[C@@H](NC(=O)CCc2ccccc2)C(=O)O)cc1. The van der Waals surface area contributed by atoms with E-state index in [-0.39, 0.29) is 18.7 Å². The van der Waals surface area contributed by atoms with Crippen LogP contribution >= 0.6 is 0 Å². The lowest BCUT2D eigenvalue weighted by Crippen LogP contribution is -2.42. The van der Waals surface area contributed by atoms with Gasteiger partial charge in [-0.05, 0) is 29.7 Å². The summed E-state index contributed by atoms with van der Waals surface area (Å²) in [7, 11) is 1.57. The first kappa shape index (κ1) is 17.5. The third-order valence-electron chi connectivity index (χ3n) is 3.72. The second kappa shape index (κ2) is 8.72. The molecule has 0 fully saturated rings. The van der Waals surface area contributed by atoms with Crippen LogP contribution in [-0.4, -0.2) is 30.1 Å². The Bertz CT molecular complexity index is 668. The van der Waals surface area contributed by atoms with Crippen molar-refractivity contribution in [2.45, 2.75) is 25.3 Å². The van der Waals surface area contributed by atoms with E-state index in [1.165, 1.54) is 0 Å². The molecule has 0 saturated carbocycles. The molecule has 1 atom stereocenters. The second-order valence-electron chi connectivity index (χ2n) is 5.50. The molecule has 126 valence electrons. The van der Waals surface area contributed by atoms with Gasteiger partial charge in [0, 0.05) is 12.8 Å². The van der Waals surface area contributed by atoms with Gasteiger partial charge in [-0.1, -0.05) is 42.5 Å². The van der Waals surface area contributed by atoms with Crippen molar-refractivity contribution in [2.75, 3.05) is 7.11 Å². The summed E-state index contributed by atoms with van der Waals surface area (Å²) in [6.07, 6.45) is 1.08. The number of aliphatic carboxylic acids is 1. The van der Waals surface area contributed by atoms with Crippen LogP contribution in [0, 0.1) is 0 Å². The fourth-order valence-corrected chi connectivity index (χ4v) is 2.37. The Labute approximate surface area is 141 Å². The van der Waals surface area contributed by atoms with Gasteiger partial charge in [-0.2, -0.15) is 0 Å². The predicted octanol–water partition coefficient (Wildman–Crippen LogP) is 2.44. The number of hydrogen-bond acceptors (Lipinski definition) is 3. The van der Waals surface area contributed by atoms with Gasteiger partial charge in [0.1, 0.15) is 11.8 Å². The second-order valence-corrected chi connectivity index (χ2v) is 5.50. The summed E-state index contributed by atoms with van der Waals surface area (Å²) < 4.78 is 5.07. The van der Waals surface area contributed by atoms with E-state index >= 15 is 0 Å². The summed E-state index contributed by atoms with van der Waals surface area (Å²) in [5.41, 5.74) is 1.88. The highest BCUT2D eigenvalue weighted by molar-refractivity contribution is 5.83. The first-order valence-corrected chi connectivity index (χ1v) is 7.77. The van der Waals surface area contributed by atoms with Gasteiger partial charge in [0.2, 0.25) is 5.91 Å². The number of hydrogen-bond donors (Lipinski definition) is 2. The van der Waals surface area contributed by atoms with E-state index in [0.717, 1.165) is 11.1 Å². The van der Waals surface area contributed by atoms with Gasteiger partial charge in [-0.15, -0.1) is 0 Å². The summed E-state index contributed by atoms with van der Waals surface area (Å²) in [4.78, 5) is 23.4. The average Bonchev–Trinajstić information content (AvgIpc) is 2.61. The molecule has 0 aliphatic rings. The maximum absolute atomic E-state index is 12.0. The monoisotopic (exact) mass is 327 g/mol. The Balaban J connectivity index is 1.90. The van der Waals surface area contributed by atoms with E-state index in [9.17, 15) is 14.7 Å². The van der Waals surface area contributed by atoms with Crippen molar-refractivity contribution in [1.29, 1.82) is 0 Å². The summed E-state index contributed by atoms with van der Waals surface area (Å²) in [5.74, 6) is -0.601. The van der Waals surface area contributed by atoms with Crippen LogP contribution in [0.15, 0.2) is 54.6 Å². The first-order valence-electron chi connectivity index (χ1n) is 7.77. The normalized spacial score (nSPS) is 11.5. The largest absolute Gasteiger partial charge is 0.497 e. The highest BCUT2D eigenvalue weighted by atomic mass is 16.5. The molecule has 0 aliphatic carbocycles. The number of ether oxygens (including phenoxy) is 1. The molecule has 0 bridgehead atoms. The Morgan fingerprint density at radius 2 is 1.71 bits per heavy atom. The van der Waals surface area contributed by atoms with Crippen molar-refractivity contribution in [3.63, 3.8) is 0 Å². The van der Waals surface area contributed by atoms with Crippen molar-refractivity contribution < 1.29 is 19.4 Å². The fourth-order valence-electron chi connectivity index (χ4n) is 2.37. The molecule has 0 saturated heterocycles. The van der Waals surface area contributed by atoms with E-state index in [1.807, 2.05) is 30.3 Å². The summed E-state index contributed by atoms with van der Waals surface area (Å²) in [5, 5.41) is 11.9. The fraction of sp³-hybridized carbons (Fsp3) is 0.263. The topological polar surface area (TPSA) is 75.6 Å². The molecule has 0 aromatic heterocycles. The molecule has 2 aromatic rings. The number of rotatable bonds is 8. The minimum absolute atomic E-state index is 0.233. The standard InChI is InChI=1S/C19H21NO4/c1-24-16-10-7-15(8-11-16)13-17(19(22)23)20-18(21)12-9-14-5-3-2-4-6-14/h2-8,10-11,17H,9,12-13H2,1H3,(H,20,21)(H,22,23)/t17-/m1/s1. The Hall–Kier alpha value is -2.82. The Morgan fingerprint density at radius 1 is 1.04 bits per heavy atom. The third kappa shape index (κ3) is 5.43. The summed E-state index contributed by atoms with van der Waals surface area (Å²) in [6, 6.07) is 15.8. The number of carboxylic acid groups (broad SMARTS) is 1. The lowest BCUT2D eigenvalue weighted by molar-refractivity contribution is -0.141. The molecule has 0 radical (unpaired) electrons. The zero-order valence-electron chi connectivity index (χ0n) is 13.6. The molecule has 24 heavy (non-hydrogen) atoms. The molecule has 0 spiro atoms. The number of nitrogens with one attached hydrogen (secondary N) is 1. The van der Waals surface area contributed by atoms with Gasteiger partial charge in [-0.25, -0.2) is 4.79 Å². The average molecular weight is 327 g/mol. The van der Waals surface area contributed by atoms with E-state index in [2.05, 4.69) is 5.32 Å². The van der Waals surface area contributed by atoms with Crippen LogP contribution in [0.5, 0.6) is 5.75 Å². The Morgan fingerprint density at radius 3 is 2.29 bits per heavy atom. The molecule has 0 aliphatic heterocycles. The number of benzene rings is 2. The number of aryl methyl sites for hydroxylation is 1. The van der Waals surface area contributed by atoms with Crippen LogP contribution in [0.2, 0.25) is 0 Å². The lowest BCUT2D eigenvalue weighted by Gasteiger charge is -2.15. The van der Waals surface area contributed by atoms with Gasteiger partial charge in [0.05, 0.1) is 7.11 Å². The van der Waals surface area contributed by atoms with Crippen LogP contribution in [-0.2, 0) is 22.4 Å². The van der Waals surface area contributed by atoms with Crippen molar-refractivity contribution in [1.82, 2.24) is 5.32 Å². The van der Waals surface area contributed by atoms with Gasteiger partial charge < -0.3 is 15.2 Å². The smallest absolute Gasteiger partial charge is 0.326 e. The zero-order valence-corrected chi connectivity index (χ0v) is 13.6. The number of carbonyl (C=O) groups excluding carboxylic acids is 1. The van der Waals surface area contributed by atoms with Crippen LogP contribution in [0.1, 0.15) is 17.5 Å². The molecule has 5 heteroatoms. The Kier molecular flexibility index (Phi) is 6.37. The molecular weight excluding hydrogens is 306 g/mol. The van der Waals surface area contributed by atoms with Crippen molar-refractivity contribution in [2.24, 2.45) is 0 Å². The number of amides is 1. The van der Waals surface area contributed by atoms with Gasteiger partial charge >= 0.3 is 5.97 Å². The number of carbonyl (C=O) groups is 2. The van der Waals surface area contributed by atoms with Gasteiger partial charge in [0.15, 0.2) is 0 Å². The summed E-state index contributed by atoms with van der Waals surface area (Å²) >= 11 is 0. The predicted molar refractivity (Wildman–Crippen MR) is 91.0 cm³/mol. The van der Waals surface area contributed by atoms with Crippen LogP contribution in [0.4, 0.5) is 0 Å². The van der Waals surface area contributed by atoms with Gasteiger partial charge in [-0.3, -0.25) is 4.79 Å². The van der Waals surface area contributed by atoms with E-state index < -0.39 is 12.0 Å². The first-order chi connectivity index (χ1) is 11.6. The third-order valence-corrected chi connectivity index (χ3v) is 3.72. The lowest BCUT2D eigenvalue weighted by atomic mass is 10.0. The molecule has 5 nitrogen and oxygen atoms in total. The van der Waals surface area contributed by atoms with Crippen LogP contribution < -0.4 is 10.1 Å². The molecule has 2 rings (SSSR count). The van der Waals surface area contributed by atoms with Gasteiger partial charge in [0.25, 0.3) is 0 Å². The van der Waals surface area contributed by atoms with Crippen molar-refractivity contribution in [3.8, 4) is 5.75 Å².